The highest BCUT2D eigenvalue weighted by Gasteiger charge is 2.28. The minimum absolute atomic E-state index is 0.293. The summed E-state index contributed by atoms with van der Waals surface area (Å²) in [5.41, 5.74) is 3.19. The van der Waals surface area contributed by atoms with E-state index >= 15 is 0 Å². The maximum Gasteiger partial charge on any atom is 0.0371 e. The minimum Gasteiger partial charge on any atom is -0.310 e. The summed E-state index contributed by atoms with van der Waals surface area (Å²) in [6.07, 6.45) is 4.95. The number of aryl methyl sites for hydroxylation is 1. The number of unbranched alkanes of at least 4 members (excludes halogenated alkanes) is 1. The van der Waals surface area contributed by atoms with Gasteiger partial charge in [-0.2, -0.15) is 0 Å². The molecular formula is C18H31N. The van der Waals surface area contributed by atoms with Crippen LogP contribution in [0.2, 0.25) is 0 Å². The van der Waals surface area contributed by atoms with E-state index < -0.39 is 0 Å². The molecule has 1 heteroatoms. The molecule has 0 saturated heterocycles. The molecule has 108 valence electrons. The second-order valence-electron chi connectivity index (χ2n) is 6.18. The largest absolute Gasteiger partial charge is 0.310 e. The van der Waals surface area contributed by atoms with Gasteiger partial charge in [-0.05, 0) is 42.3 Å². The second-order valence-corrected chi connectivity index (χ2v) is 6.18. The fourth-order valence-electron chi connectivity index (χ4n) is 2.51. The molecule has 0 amide bonds. The molecule has 0 radical (unpaired) electrons. The van der Waals surface area contributed by atoms with E-state index in [9.17, 15) is 0 Å². The molecule has 1 unspecified atom stereocenters. The highest BCUT2D eigenvalue weighted by Crippen LogP contribution is 2.36. The summed E-state index contributed by atoms with van der Waals surface area (Å²) in [5.74, 6) is 0. The Balaban J connectivity index is 2.85. The maximum absolute atomic E-state index is 3.65. The molecule has 0 aliphatic carbocycles. The second kappa shape index (κ2) is 7.69. The van der Waals surface area contributed by atoms with Crippen molar-refractivity contribution in [2.45, 2.75) is 66.3 Å². The Morgan fingerprint density at radius 3 is 2.16 bits per heavy atom. The van der Waals surface area contributed by atoms with E-state index in [1.54, 1.807) is 0 Å². The van der Waals surface area contributed by atoms with Crippen LogP contribution in [0.15, 0.2) is 24.3 Å². The molecule has 0 aliphatic heterocycles. The molecule has 0 bridgehead atoms. The summed E-state index contributed by atoms with van der Waals surface area (Å²) < 4.78 is 0. The first-order valence-electron chi connectivity index (χ1n) is 7.87. The Hall–Kier alpha value is -0.820. The summed E-state index contributed by atoms with van der Waals surface area (Å²) in [4.78, 5) is 0. The van der Waals surface area contributed by atoms with Crippen molar-refractivity contribution in [3.05, 3.63) is 35.4 Å². The van der Waals surface area contributed by atoms with Gasteiger partial charge in [0.1, 0.15) is 0 Å². The Morgan fingerprint density at radius 2 is 1.68 bits per heavy atom. The fraction of sp³-hybridized carbons (Fsp3) is 0.667. The minimum atomic E-state index is 0.293. The zero-order valence-electron chi connectivity index (χ0n) is 13.4. The highest BCUT2D eigenvalue weighted by molar-refractivity contribution is 5.26. The molecule has 1 aromatic rings. The van der Waals surface area contributed by atoms with Crippen molar-refractivity contribution >= 4 is 0 Å². The van der Waals surface area contributed by atoms with Crippen LogP contribution in [-0.2, 0) is 6.42 Å². The van der Waals surface area contributed by atoms with E-state index in [0.29, 0.717) is 11.5 Å². The van der Waals surface area contributed by atoms with Crippen LogP contribution >= 0.6 is 0 Å². The highest BCUT2D eigenvalue weighted by atomic mass is 14.9. The Labute approximate surface area is 119 Å². The molecule has 1 rings (SSSR count). The molecule has 0 fully saturated rings. The van der Waals surface area contributed by atoms with Crippen LogP contribution in [0.25, 0.3) is 0 Å². The van der Waals surface area contributed by atoms with Crippen molar-refractivity contribution in [3.8, 4) is 0 Å². The summed E-state index contributed by atoms with van der Waals surface area (Å²) in [6.45, 7) is 12.4. The van der Waals surface area contributed by atoms with Crippen LogP contribution in [0.5, 0.6) is 0 Å². The van der Waals surface area contributed by atoms with Crippen molar-refractivity contribution in [2.75, 3.05) is 6.54 Å². The van der Waals surface area contributed by atoms with Crippen LogP contribution in [0, 0.1) is 5.41 Å². The van der Waals surface area contributed by atoms with Gasteiger partial charge < -0.3 is 5.32 Å². The van der Waals surface area contributed by atoms with E-state index in [-0.39, 0.29) is 0 Å². The first-order valence-corrected chi connectivity index (χ1v) is 7.87. The summed E-state index contributed by atoms with van der Waals surface area (Å²) in [7, 11) is 0. The number of benzene rings is 1. The quantitative estimate of drug-likeness (QED) is 0.685. The van der Waals surface area contributed by atoms with Gasteiger partial charge in [0.15, 0.2) is 0 Å². The number of hydrogen-bond acceptors (Lipinski definition) is 1. The molecule has 0 aromatic heterocycles. The maximum atomic E-state index is 3.65. The zero-order chi connectivity index (χ0) is 14.3. The van der Waals surface area contributed by atoms with Gasteiger partial charge in [0.05, 0.1) is 0 Å². The van der Waals surface area contributed by atoms with Crippen molar-refractivity contribution in [1.82, 2.24) is 5.32 Å². The van der Waals surface area contributed by atoms with Crippen LogP contribution in [-0.4, -0.2) is 6.54 Å². The first-order chi connectivity index (χ1) is 9.05. The van der Waals surface area contributed by atoms with Gasteiger partial charge in [-0.3, -0.25) is 0 Å². The van der Waals surface area contributed by atoms with Crippen molar-refractivity contribution in [2.24, 2.45) is 5.41 Å². The lowest BCUT2D eigenvalue weighted by atomic mass is 9.78. The lowest BCUT2D eigenvalue weighted by molar-refractivity contribution is 0.237. The molecule has 0 aliphatic rings. The third-order valence-corrected chi connectivity index (χ3v) is 4.23. The van der Waals surface area contributed by atoms with Gasteiger partial charge in [-0.1, -0.05) is 65.3 Å². The summed E-state index contributed by atoms with van der Waals surface area (Å²) >= 11 is 0. The Morgan fingerprint density at radius 1 is 1.05 bits per heavy atom. The van der Waals surface area contributed by atoms with Crippen LogP contribution < -0.4 is 5.32 Å². The first kappa shape index (κ1) is 16.2. The molecule has 0 spiro atoms. The van der Waals surface area contributed by atoms with E-state index in [4.69, 9.17) is 0 Å². The van der Waals surface area contributed by atoms with Crippen molar-refractivity contribution in [1.29, 1.82) is 0 Å². The third kappa shape index (κ3) is 4.65. The van der Waals surface area contributed by atoms with Gasteiger partial charge in [0, 0.05) is 6.04 Å². The molecule has 1 nitrogen and oxygen atoms in total. The van der Waals surface area contributed by atoms with Gasteiger partial charge in [0.25, 0.3) is 0 Å². The normalized spacial score (nSPS) is 13.5. The van der Waals surface area contributed by atoms with Gasteiger partial charge >= 0.3 is 0 Å². The van der Waals surface area contributed by atoms with Crippen LogP contribution in [0.1, 0.15) is 71.0 Å². The molecule has 1 N–H and O–H groups in total. The third-order valence-electron chi connectivity index (χ3n) is 4.23. The van der Waals surface area contributed by atoms with Gasteiger partial charge in [0.2, 0.25) is 0 Å². The molecular weight excluding hydrogens is 230 g/mol. The lowest BCUT2D eigenvalue weighted by Gasteiger charge is -2.34. The van der Waals surface area contributed by atoms with Crippen molar-refractivity contribution in [3.63, 3.8) is 0 Å². The molecule has 0 heterocycles. The molecule has 1 aromatic carbocycles. The summed E-state index contributed by atoms with van der Waals surface area (Å²) in [6, 6.07) is 9.69. The van der Waals surface area contributed by atoms with Crippen LogP contribution in [0.3, 0.4) is 0 Å². The van der Waals surface area contributed by atoms with Crippen molar-refractivity contribution < 1.29 is 0 Å². The molecule has 0 saturated carbocycles. The van der Waals surface area contributed by atoms with Crippen LogP contribution in [0.4, 0.5) is 0 Å². The number of rotatable bonds is 8. The Kier molecular flexibility index (Phi) is 6.57. The van der Waals surface area contributed by atoms with E-state index in [0.717, 1.165) is 6.54 Å². The smallest absolute Gasteiger partial charge is 0.0371 e. The van der Waals surface area contributed by atoms with Gasteiger partial charge in [-0.15, -0.1) is 0 Å². The SMILES string of the molecule is CCCCc1ccc(C(NCC)C(C)(C)CC)cc1. The average molecular weight is 261 g/mol. The topological polar surface area (TPSA) is 12.0 Å². The number of hydrogen-bond donors (Lipinski definition) is 1. The fourth-order valence-corrected chi connectivity index (χ4v) is 2.51. The average Bonchev–Trinajstić information content (AvgIpc) is 2.43. The van der Waals surface area contributed by atoms with E-state index in [2.05, 4.69) is 64.2 Å². The lowest BCUT2D eigenvalue weighted by Crippen LogP contribution is -2.33. The van der Waals surface area contributed by atoms with E-state index in [1.807, 2.05) is 0 Å². The van der Waals surface area contributed by atoms with E-state index in [1.165, 1.54) is 36.8 Å². The monoisotopic (exact) mass is 261 g/mol. The number of nitrogens with one attached hydrogen (secondary N) is 1. The zero-order valence-corrected chi connectivity index (χ0v) is 13.4. The molecule has 19 heavy (non-hydrogen) atoms. The predicted molar refractivity (Wildman–Crippen MR) is 85.5 cm³/mol. The molecule has 1 atom stereocenters. The predicted octanol–water partition coefficient (Wildman–Crippen LogP) is 5.12. The Bertz CT molecular complexity index is 350. The summed E-state index contributed by atoms with van der Waals surface area (Å²) in [5, 5.41) is 3.65. The standard InChI is InChI=1S/C18H31N/c1-6-9-10-15-11-13-16(14-12-15)17(19-8-3)18(4,5)7-2/h11-14,17,19H,6-10H2,1-5H3. The van der Waals surface area contributed by atoms with Gasteiger partial charge in [-0.25, -0.2) is 0 Å².